The van der Waals surface area contributed by atoms with Gasteiger partial charge in [-0.3, -0.25) is 9.20 Å². The summed E-state index contributed by atoms with van der Waals surface area (Å²) >= 11 is 0. The lowest BCUT2D eigenvalue weighted by Gasteiger charge is -2.19. The Morgan fingerprint density at radius 1 is 1.25 bits per heavy atom. The van der Waals surface area contributed by atoms with Crippen molar-refractivity contribution in [2.75, 3.05) is 18.5 Å². The van der Waals surface area contributed by atoms with E-state index < -0.39 is 5.82 Å². The first kappa shape index (κ1) is 20.3. The molecule has 0 saturated carbocycles. The van der Waals surface area contributed by atoms with Crippen LogP contribution < -0.4 is 5.32 Å². The summed E-state index contributed by atoms with van der Waals surface area (Å²) in [4.78, 5) is 21.5. The van der Waals surface area contributed by atoms with Crippen LogP contribution in [0.5, 0.6) is 0 Å². The number of fused-ring (bicyclic) bond motifs is 1. The molecule has 0 unspecified atom stereocenters. The summed E-state index contributed by atoms with van der Waals surface area (Å²) in [5.74, 6) is 0.820. The number of hydrogen-bond acceptors (Lipinski definition) is 6. The van der Waals surface area contributed by atoms with Gasteiger partial charge in [-0.1, -0.05) is 17.3 Å². The predicted octanol–water partition coefficient (Wildman–Crippen LogP) is 4.05. The molecule has 1 saturated heterocycles. The first-order valence-electron chi connectivity index (χ1n) is 10.5. The molecule has 3 aromatic heterocycles. The van der Waals surface area contributed by atoms with E-state index in [4.69, 9.17) is 9.26 Å². The molecule has 1 aliphatic heterocycles. The quantitative estimate of drug-likeness (QED) is 0.508. The smallest absolute Gasteiger partial charge is 0.274 e. The van der Waals surface area contributed by atoms with Gasteiger partial charge >= 0.3 is 0 Å². The number of carbonyl (C=O) groups excluding carboxylic acids is 1. The number of imidazole rings is 1. The van der Waals surface area contributed by atoms with Crippen LogP contribution in [0.4, 0.5) is 10.1 Å². The average molecular weight is 435 g/mol. The van der Waals surface area contributed by atoms with Crippen molar-refractivity contribution in [3.8, 4) is 11.4 Å². The molecule has 164 valence electrons. The molecule has 32 heavy (non-hydrogen) atoms. The number of pyridine rings is 1. The minimum absolute atomic E-state index is 0.308. The van der Waals surface area contributed by atoms with Crippen molar-refractivity contribution in [1.82, 2.24) is 19.5 Å². The number of aromatic nitrogens is 4. The van der Waals surface area contributed by atoms with E-state index in [9.17, 15) is 9.18 Å². The van der Waals surface area contributed by atoms with E-state index in [0.717, 1.165) is 43.6 Å². The molecule has 1 amide bonds. The molecule has 0 bridgehead atoms. The largest absolute Gasteiger partial charge is 0.381 e. The standard InChI is InChI=1S/C23H22FN5O3/c1-14-2-3-16(22-27-21(32-28-22)10-15-5-8-31-9-6-15)11-18(14)26-23(30)19-13-25-20-12-17(24)4-7-29(19)20/h2-4,7,11-13,15H,5-6,8-10H2,1H3,(H,26,30). The van der Waals surface area contributed by atoms with Gasteiger partial charge in [-0.15, -0.1) is 0 Å². The maximum atomic E-state index is 13.4. The zero-order chi connectivity index (χ0) is 22.1. The second kappa shape index (κ2) is 8.51. The third kappa shape index (κ3) is 4.11. The number of hydrogen-bond donors (Lipinski definition) is 1. The van der Waals surface area contributed by atoms with Gasteiger partial charge in [0.05, 0.1) is 6.20 Å². The van der Waals surface area contributed by atoms with Crippen molar-refractivity contribution in [3.05, 3.63) is 65.7 Å². The molecule has 4 aromatic rings. The van der Waals surface area contributed by atoms with Gasteiger partial charge in [-0.05, 0) is 43.4 Å². The van der Waals surface area contributed by atoms with Crippen LogP contribution in [0, 0.1) is 18.7 Å². The van der Waals surface area contributed by atoms with Crippen LogP contribution in [0.1, 0.15) is 34.8 Å². The number of rotatable bonds is 5. The van der Waals surface area contributed by atoms with Crippen molar-refractivity contribution in [3.63, 3.8) is 0 Å². The lowest BCUT2D eigenvalue weighted by molar-refractivity contribution is 0.0642. The van der Waals surface area contributed by atoms with Crippen LogP contribution in [0.3, 0.4) is 0 Å². The Bertz CT molecular complexity index is 1280. The van der Waals surface area contributed by atoms with Gasteiger partial charge in [0.1, 0.15) is 17.2 Å². The molecule has 5 rings (SSSR count). The van der Waals surface area contributed by atoms with Crippen LogP contribution in [0.15, 0.2) is 47.2 Å². The number of nitrogens with zero attached hydrogens (tertiary/aromatic N) is 4. The summed E-state index contributed by atoms with van der Waals surface area (Å²) < 4.78 is 25.8. The fourth-order valence-electron chi connectivity index (χ4n) is 3.86. The SMILES string of the molecule is Cc1ccc(-c2noc(CC3CCOCC3)n2)cc1NC(=O)c1cnc2cc(F)ccn12. The number of ether oxygens (including phenoxy) is 1. The Morgan fingerprint density at radius 2 is 2.09 bits per heavy atom. The molecule has 1 fully saturated rings. The highest BCUT2D eigenvalue weighted by Gasteiger charge is 2.19. The highest BCUT2D eigenvalue weighted by Crippen LogP contribution is 2.26. The number of amides is 1. The molecule has 0 spiro atoms. The molecule has 9 heteroatoms. The van der Waals surface area contributed by atoms with Crippen LogP contribution in [0.2, 0.25) is 0 Å². The van der Waals surface area contributed by atoms with Crippen LogP contribution in [-0.2, 0) is 11.2 Å². The molecule has 0 radical (unpaired) electrons. The maximum Gasteiger partial charge on any atom is 0.274 e. The minimum atomic E-state index is -0.407. The van der Waals surface area contributed by atoms with Crippen molar-refractivity contribution in [1.29, 1.82) is 0 Å². The number of benzene rings is 1. The van der Waals surface area contributed by atoms with E-state index in [-0.39, 0.29) is 5.91 Å². The van der Waals surface area contributed by atoms with Gasteiger partial charge in [-0.25, -0.2) is 9.37 Å². The minimum Gasteiger partial charge on any atom is -0.381 e. The average Bonchev–Trinajstić information content (AvgIpc) is 3.43. The van der Waals surface area contributed by atoms with E-state index in [1.54, 1.807) is 4.40 Å². The molecule has 4 heterocycles. The number of carbonyl (C=O) groups is 1. The van der Waals surface area contributed by atoms with Crippen molar-refractivity contribution < 1.29 is 18.4 Å². The summed E-state index contributed by atoms with van der Waals surface area (Å²) in [5, 5.41) is 7.03. The fourth-order valence-corrected chi connectivity index (χ4v) is 3.86. The van der Waals surface area contributed by atoms with E-state index in [1.807, 2.05) is 25.1 Å². The number of anilines is 1. The van der Waals surface area contributed by atoms with Gasteiger partial charge < -0.3 is 14.6 Å². The molecule has 1 N–H and O–H groups in total. The lowest BCUT2D eigenvalue weighted by Crippen LogP contribution is -2.17. The van der Waals surface area contributed by atoms with Crippen LogP contribution in [0.25, 0.3) is 17.0 Å². The maximum absolute atomic E-state index is 13.4. The second-order valence-corrected chi connectivity index (χ2v) is 7.97. The first-order valence-corrected chi connectivity index (χ1v) is 10.5. The highest BCUT2D eigenvalue weighted by molar-refractivity contribution is 6.04. The Labute approximate surface area is 183 Å². The third-order valence-corrected chi connectivity index (χ3v) is 5.72. The molecule has 0 atom stereocenters. The number of halogens is 1. The Hall–Kier alpha value is -3.59. The van der Waals surface area contributed by atoms with Crippen molar-refractivity contribution >= 4 is 17.2 Å². The summed E-state index contributed by atoms with van der Waals surface area (Å²) in [6, 6.07) is 8.16. The van der Waals surface area contributed by atoms with E-state index in [1.165, 1.54) is 24.5 Å². The molecule has 1 aliphatic rings. The third-order valence-electron chi connectivity index (χ3n) is 5.72. The zero-order valence-corrected chi connectivity index (χ0v) is 17.5. The summed E-state index contributed by atoms with van der Waals surface area (Å²) in [7, 11) is 0. The van der Waals surface area contributed by atoms with Crippen LogP contribution in [-0.4, -0.2) is 38.6 Å². The van der Waals surface area contributed by atoms with E-state index >= 15 is 0 Å². The normalized spacial score (nSPS) is 14.7. The molecule has 1 aromatic carbocycles. The van der Waals surface area contributed by atoms with Gasteiger partial charge in [0.2, 0.25) is 11.7 Å². The summed E-state index contributed by atoms with van der Waals surface area (Å²) in [5.41, 5.74) is 2.92. The van der Waals surface area contributed by atoms with Gasteiger partial charge in [0.15, 0.2) is 0 Å². The Balaban J connectivity index is 1.35. The molecule has 0 aliphatic carbocycles. The van der Waals surface area contributed by atoms with Crippen molar-refractivity contribution in [2.45, 2.75) is 26.2 Å². The predicted molar refractivity (Wildman–Crippen MR) is 115 cm³/mol. The number of aryl methyl sites for hydroxylation is 1. The van der Waals surface area contributed by atoms with E-state index in [2.05, 4.69) is 20.4 Å². The Kier molecular flexibility index (Phi) is 5.40. The highest BCUT2D eigenvalue weighted by atomic mass is 19.1. The monoisotopic (exact) mass is 435 g/mol. The fraction of sp³-hybridized carbons (Fsp3) is 0.304. The van der Waals surface area contributed by atoms with Gasteiger partial charge in [-0.2, -0.15) is 4.98 Å². The molecule has 8 nitrogen and oxygen atoms in total. The summed E-state index contributed by atoms with van der Waals surface area (Å²) in [6.07, 6.45) is 5.63. The zero-order valence-electron chi connectivity index (χ0n) is 17.5. The molecular weight excluding hydrogens is 413 g/mol. The summed E-state index contributed by atoms with van der Waals surface area (Å²) in [6.45, 7) is 3.44. The number of nitrogens with one attached hydrogen (secondary N) is 1. The topological polar surface area (TPSA) is 94.5 Å². The van der Waals surface area contributed by atoms with Gasteiger partial charge in [0.25, 0.3) is 5.91 Å². The molecular formula is C23H22FN5O3. The lowest BCUT2D eigenvalue weighted by atomic mass is 9.97. The first-order chi connectivity index (χ1) is 15.6. The van der Waals surface area contributed by atoms with Gasteiger partial charge in [0, 0.05) is 43.1 Å². The van der Waals surface area contributed by atoms with Crippen LogP contribution >= 0.6 is 0 Å². The second-order valence-electron chi connectivity index (χ2n) is 7.97. The van der Waals surface area contributed by atoms with E-state index in [0.29, 0.717) is 34.7 Å². The Morgan fingerprint density at radius 3 is 2.94 bits per heavy atom. The van der Waals surface area contributed by atoms with Crippen molar-refractivity contribution in [2.24, 2.45) is 5.92 Å².